The molecule has 1 aromatic heterocycles. The van der Waals surface area contributed by atoms with E-state index in [0.29, 0.717) is 30.6 Å². The van der Waals surface area contributed by atoms with Crippen LogP contribution in [0.25, 0.3) is 11.3 Å². The molecule has 2 aromatic rings. The maximum atomic E-state index is 13.3. The fourth-order valence-corrected chi connectivity index (χ4v) is 5.73. The van der Waals surface area contributed by atoms with Crippen LogP contribution in [-0.4, -0.2) is 75.5 Å². The highest BCUT2D eigenvalue weighted by molar-refractivity contribution is 6.39. The summed E-state index contributed by atoms with van der Waals surface area (Å²) in [5.41, 5.74) is 0.501. The summed E-state index contributed by atoms with van der Waals surface area (Å²) in [7, 11) is 0. The molecule has 0 bridgehead atoms. The molecule has 0 spiro atoms. The summed E-state index contributed by atoms with van der Waals surface area (Å²) in [6, 6.07) is 3.00. The second-order valence-corrected chi connectivity index (χ2v) is 11.0. The molecule has 5 rings (SSSR count). The third-order valence-corrected chi connectivity index (χ3v) is 7.62. The van der Waals surface area contributed by atoms with E-state index in [1.807, 2.05) is 13.8 Å². The van der Waals surface area contributed by atoms with E-state index in [-0.39, 0.29) is 57.0 Å². The van der Waals surface area contributed by atoms with Crippen LogP contribution in [0.15, 0.2) is 45.8 Å². The van der Waals surface area contributed by atoms with E-state index in [4.69, 9.17) is 32.5 Å². The number of aliphatic carboxylic acids is 1. The Hall–Kier alpha value is -3.83. The van der Waals surface area contributed by atoms with Gasteiger partial charge in [0.25, 0.3) is 11.8 Å². The number of nitrogens with one attached hydrogen (secondary N) is 1. The average molecular weight is 589 g/mol. The molecule has 0 radical (unpaired) electrons. The van der Waals surface area contributed by atoms with Crippen LogP contribution in [0.2, 0.25) is 10.0 Å². The van der Waals surface area contributed by atoms with Gasteiger partial charge in [-0.1, -0.05) is 48.3 Å². The van der Waals surface area contributed by atoms with Crippen molar-refractivity contribution < 1.29 is 33.5 Å². The van der Waals surface area contributed by atoms with Gasteiger partial charge < -0.3 is 24.6 Å². The first-order valence-electron chi connectivity index (χ1n) is 12.6. The van der Waals surface area contributed by atoms with Gasteiger partial charge in [0.1, 0.15) is 35.7 Å². The first-order chi connectivity index (χ1) is 19.0. The molecular formula is C27H26Cl2N4O7. The zero-order chi connectivity index (χ0) is 28.9. The summed E-state index contributed by atoms with van der Waals surface area (Å²) >= 11 is 12.6. The summed E-state index contributed by atoms with van der Waals surface area (Å²) in [5, 5.41) is 17.1. The summed E-state index contributed by atoms with van der Waals surface area (Å²) < 4.78 is 11.0. The number of likely N-dealkylation sites (tertiary alicyclic amines) is 1. The molecule has 0 unspecified atom stereocenters. The van der Waals surface area contributed by atoms with Gasteiger partial charge in [-0.05, 0) is 37.5 Å². The second-order valence-electron chi connectivity index (χ2n) is 10.2. The van der Waals surface area contributed by atoms with Crippen molar-refractivity contribution in [3.8, 4) is 11.3 Å². The molecular weight excluding hydrogens is 563 g/mol. The third-order valence-electron chi connectivity index (χ3n) is 6.99. The zero-order valence-corrected chi connectivity index (χ0v) is 23.4. The van der Waals surface area contributed by atoms with E-state index in [0.717, 1.165) is 4.90 Å². The number of hydrogen-bond donors (Lipinski definition) is 2. The van der Waals surface area contributed by atoms with Crippen molar-refractivity contribution >= 4 is 46.9 Å². The fourth-order valence-electron chi connectivity index (χ4n) is 5.15. The van der Waals surface area contributed by atoms with Crippen molar-refractivity contribution in [1.29, 1.82) is 0 Å². The van der Waals surface area contributed by atoms with Crippen LogP contribution in [0.1, 0.15) is 36.4 Å². The Balaban J connectivity index is 1.38. The summed E-state index contributed by atoms with van der Waals surface area (Å²) in [6.07, 6.45) is 1.85. The van der Waals surface area contributed by atoms with E-state index in [9.17, 15) is 24.3 Å². The van der Waals surface area contributed by atoms with Gasteiger partial charge in [-0.15, -0.1) is 0 Å². The normalized spacial score (nSPS) is 21.6. The van der Waals surface area contributed by atoms with Gasteiger partial charge in [-0.2, -0.15) is 0 Å². The topological polar surface area (TPSA) is 142 Å². The lowest BCUT2D eigenvalue weighted by atomic mass is 9.91. The molecule has 0 saturated carbocycles. The van der Waals surface area contributed by atoms with E-state index < -0.39 is 29.9 Å². The minimum absolute atomic E-state index is 0.0445. The van der Waals surface area contributed by atoms with E-state index in [2.05, 4.69) is 10.5 Å². The van der Waals surface area contributed by atoms with Gasteiger partial charge in [0.15, 0.2) is 11.5 Å². The van der Waals surface area contributed by atoms with Crippen LogP contribution >= 0.6 is 23.2 Å². The maximum absolute atomic E-state index is 13.3. The van der Waals surface area contributed by atoms with Gasteiger partial charge in [0, 0.05) is 24.2 Å². The Morgan fingerprint density at radius 1 is 1.25 bits per heavy atom. The highest BCUT2D eigenvalue weighted by Crippen LogP contribution is 2.38. The summed E-state index contributed by atoms with van der Waals surface area (Å²) in [5.74, 6) is -2.46. The third kappa shape index (κ3) is 4.73. The SMILES string of the molecule is Cc1onc(-c2c(Cl)cccc2Cl)c1C(=O)N[C@@H]1C(=O)N2C(C(=O)O)=C(/C=C3\CCN(CC(C)C)C3=O)OC[C@H]12. The first-order valence-corrected chi connectivity index (χ1v) is 13.4. The molecule has 210 valence electrons. The molecule has 2 N–H and O–H groups in total. The number of β-lactam (4-membered cyclic amide) rings is 1. The molecule has 3 amide bonds. The lowest BCUT2D eigenvalue weighted by Crippen LogP contribution is -2.73. The lowest BCUT2D eigenvalue weighted by Gasteiger charge is -2.49. The van der Waals surface area contributed by atoms with Gasteiger partial charge >= 0.3 is 5.97 Å². The average Bonchev–Trinajstić information content (AvgIpc) is 3.43. The van der Waals surface area contributed by atoms with Crippen LogP contribution in [0.5, 0.6) is 0 Å². The number of aromatic nitrogens is 1. The summed E-state index contributed by atoms with van der Waals surface area (Å²) in [6.45, 7) is 6.58. The molecule has 40 heavy (non-hydrogen) atoms. The molecule has 13 heteroatoms. The Bertz CT molecular complexity index is 1480. The van der Waals surface area contributed by atoms with Crippen molar-refractivity contribution in [3.63, 3.8) is 0 Å². The number of hydrogen-bond acceptors (Lipinski definition) is 7. The smallest absolute Gasteiger partial charge is 0.356 e. The minimum Gasteiger partial charge on any atom is -0.489 e. The van der Waals surface area contributed by atoms with E-state index in [1.165, 1.54) is 13.0 Å². The van der Waals surface area contributed by atoms with Gasteiger partial charge in [0.05, 0.1) is 10.0 Å². The number of carbonyl (C=O) groups is 4. The monoisotopic (exact) mass is 588 g/mol. The number of amides is 3. The number of rotatable bonds is 7. The Labute approximate surface area is 239 Å². The number of carbonyl (C=O) groups excluding carboxylic acids is 3. The molecule has 0 aliphatic carbocycles. The number of carboxylic acid groups (broad SMARTS) is 1. The predicted molar refractivity (Wildman–Crippen MR) is 143 cm³/mol. The number of carboxylic acids is 1. The number of allylic oxidation sites excluding steroid dienone is 1. The van der Waals surface area contributed by atoms with Crippen LogP contribution in [0.4, 0.5) is 0 Å². The number of aryl methyl sites for hydroxylation is 1. The van der Waals surface area contributed by atoms with Gasteiger partial charge in [-0.25, -0.2) is 4.79 Å². The predicted octanol–water partition coefficient (Wildman–Crippen LogP) is 3.41. The highest BCUT2D eigenvalue weighted by atomic mass is 35.5. The Kier molecular flexibility index (Phi) is 7.36. The van der Waals surface area contributed by atoms with Crippen molar-refractivity contribution in [1.82, 2.24) is 20.3 Å². The number of halogens is 2. The second kappa shape index (κ2) is 10.6. The van der Waals surface area contributed by atoms with E-state index >= 15 is 0 Å². The Morgan fingerprint density at radius 2 is 1.95 bits per heavy atom. The van der Waals surface area contributed by atoms with Crippen LogP contribution < -0.4 is 5.32 Å². The lowest BCUT2D eigenvalue weighted by molar-refractivity contribution is -0.158. The molecule has 11 nitrogen and oxygen atoms in total. The minimum atomic E-state index is -1.38. The number of ether oxygens (including phenoxy) is 1. The molecule has 2 atom stereocenters. The highest BCUT2D eigenvalue weighted by Gasteiger charge is 2.55. The molecule has 2 fully saturated rings. The van der Waals surface area contributed by atoms with Crippen LogP contribution in [0, 0.1) is 12.8 Å². The largest absolute Gasteiger partial charge is 0.489 e. The standard InChI is InChI=1S/C27H26Cl2N4O7/c1-12(2)10-32-8-7-14(25(32)35)9-18-23(27(37)38)33-17(11-39-18)21(26(33)36)30-24(34)19-13(3)40-31-22(19)20-15(28)5-4-6-16(20)29/h4-6,9,12,17,21H,7-8,10-11H2,1-3H3,(H,30,34)(H,37,38)/b14-9+/t17-,21+/m1/s1. The van der Waals surface area contributed by atoms with Crippen LogP contribution in [-0.2, 0) is 19.1 Å². The first kappa shape index (κ1) is 27.7. The number of nitrogens with zero attached hydrogens (tertiary/aromatic N) is 3. The molecule has 4 heterocycles. The molecule has 3 aliphatic heterocycles. The Morgan fingerprint density at radius 3 is 2.60 bits per heavy atom. The fraction of sp³-hybridized carbons (Fsp3) is 0.370. The van der Waals surface area contributed by atoms with Crippen molar-refractivity contribution in [2.24, 2.45) is 5.92 Å². The maximum Gasteiger partial charge on any atom is 0.356 e. The van der Waals surface area contributed by atoms with E-state index in [1.54, 1.807) is 23.1 Å². The number of benzene rings is 1. The van der Waals surface area contributed by atoms with Gasteiger partial charge in [-0.3, -0.25) is 19.3 Å². The number of fused-ring (bicyclic) bond motifs is 1. The molecule has 1 aromatic carbocycles. The zero-order valence-electron chi connectivity index (χ0n) is 21.9. The molecule has 3 aliphatic rings. The van der Waals surface area contributed by atoms with Gasteiger partial charge in [0.2, 0.25) is 5.91 Å². The van der Waals surface area contributed by atoms with Crippen molar-refractivity contribution in [2.75, 3.05) is 19.7 Å². The van der Waals surface area contributed by atoms with Crippen molar-refractivity contribution in [2.45, 2.75) is 39.3 Å². The quantitative estimate of drug-likeness (QED) is 0.370. The summed E-state index contributed by atoms with van der Waals surface area (Å²) in [4.78, 5) is 54.3. The molecule has 2 saturated heterocycles. The van der Waals surface area contributed by atoms with Crippen molar-refractivity contribution in [3.05, 3.63) is 62.7 Å². The van der Waals surface area contributed by atoms with Crippen LogP contribution in [0.3, 0.4) is 0 Å².